The third kappa shape index (κ3) is 6.25. The summed E-state index contributed by atoms with van der Waals surface area (Å²) < 4.78 is 14.6. The van der Waals surface area contributed by atoms with Gasteiger partial charge in [0.15, 0.2) is 11.2 Å². The van der Waals surface area contributed by atoms with Gasteiger partial charge in [0.05, 0.1) is 0 Å². The predicted octanol–water partition coefficient (Wildman–Crippen LogP) is 15.2. The Kier molecular flexibility index (Phi) is 8.21. The Bertz CT molecular complexity index is 3310. The Labute approximate surface area is 354 Å². The molecule has 0 radical (unpaired) electrons. The predicted molar refractivity (Wildman–Crippen MR) is 250 cm³/mol. The van der Waals surface area contributed by atoms with Gasteiger partial charge in [-0.1, -0.05) is 54.6 Å². The highest BCUT2D eigenvalue weighted by atomic mass is 32.1. The standard InChI is InChI=1S/C53H33N5O2S/c1-2-8-38(9-3-1)57(39-19-14-34(15-20-39)52-55-46-10-4-6-12-48(46)59-52)43-24-25-44-45-31-36-18-23-42(30-37(36)32-50(45)61-51(44)33-43)58(41-26-28-54-29-27-41)40-21-16-35(17-22-40)53-56-47-11-5-7-13-49(47)60-53/h1-33H. The van der Waals surface area contributed by atoms with Gasteiger partial charge in [0.1, 0.15) is 11.0 Å². The van der Waals surface area contributed by atoms with E-state index in [1.165, 1.54) is 30.9 Å². The number of aromatic nitrogens is 3. The van der Waals surface area contributed by atoms with Gasteiger partial charge >= 0.3 is 0 Å². The van der Waals surface area contributed by atoms with Gasteiger partial charge in [-0.25, -0.2) is 9.97 Å². The number of benzene rings is 8. The van der Waals surface area contributed by atoms with Crippen LogP contribution in [0.1, 0.15) is 0 Å². The van der Waals surface area contributed by atoms with Crippen molar-refractivity contribution in [2.24, 2.45) is 0 Å². The van der Waals surface area contributed by atoms with Crippen molar-refractivity contribution in [1.29, 1.82) is 0 Å². The van der Waals surface area contributed by atoms with E-state index in [0.29, 0.717) is 11.8 Å². The first-order valence-electron chi connectivity index (χ1n) is 20.1. The summed E-state index contributed by atoms with van der Waals surface area (Å²) in [4.78, 5) is 18.3. The lowest BCUT2D eigenvalue weighted by Gasteiger charge is -2.25. The summed E-state index contributed by atoms with van der Waals surface area (Å²) in [7, 11) is 0. The van der Waals surface area contributed by atoms with Crippen molar-refractivity contribution in [2.45, 2.75) is 0 Å². The molecule has 0 atom stereocenters. The zero-order valence-electron chi connectivity index (χ0n) is 32.5. The van der Waals surface area contributed by atoms with E-state index in [1.54, 1.807) is 0 Å². The molecule has 4 heterocycles. The highest BCUT2D eigenvalue weighted by Crippen LogP contribution is 2.43. The fourth-order valence-corrected chi connectivity index (χ4v) is 9.41. The number of hydrogen-bond acceptors (Lipinski definition) is 8. The van der Waals surface area contributed by atoms with Crippen LogP contribution in [0.2, 0.25) is 0 Å². The Morgan fingerprint density at radius 2 is 0.885 bits per heavy atom. The molecule has 7 nitrogen and oxygen atoms in total. The molecular weight excluding hydrogens is 771 g/mol. The Morgan fingerprint density at radius 1 is 0.377 bits per heavy atom. The van der Waals surface area contributed by atoms with Crippen molar-refractivity contribution in [3.63, 3.8) is 0 Å². The molecule has 288 valence electrons. The number of rotatable bonds is 8. The average molecular weight is 804 g/mol. The molecule has 0 spiro atoms. The zero-order chi connectivity index (χ0) is 40.3. The topological polar surface area (TPSA) is 71.4 Å². The molecule has 4 aromatic heterocycles. The normalized spacial score (nSPS) is 11.6. The molecule has 8 aromatic carbocycles. The van der Waals surface area contributed by atoms with E-state index in [0.717, 1.165) is 67.5 Å². The number of nitrogens with zero attached hydrogens (tertiary/aromatic N) is 5. The van der Waals surface area contributed by atoms with E-state index < -0.39 is 0 Å². The van der Waals surface area contributed by atoms with Gasteiger partial charge in [-0.3, -0.25) is 4.98 Å². The Balaban J connectivity index is 0.903. The molecule has 0 amide bonds. The summed E-state index contributed by atoms with van der Waals surface area (Å²) in [6.45, 7) is 0. The highest BCUT2D eigenvalue weighted by Gasteiger charge is 2.18. The molecule has 12 aromatic rings. The summed E-state index contributed by atoms with van der Waals surface area (Å²) >= 11 is 1.82. The van der Waals surface area contributed by atoms with E-state index in [-0.39, 0.29) is 0 Å². The van der Waals surface area contributed by atoms with Gasteiger partial charge in [0.2, 0.25) is 11.8 Å². The van der Waals surface area contributed by atoms with Gasteiger partial charge in [-0.2, -0.15) is 0 Å². The number of anilines is 6. The van der Waals surface area contributed by atoms with Crippen molar-refractivity contribution < 1.29 is 8.83 Å². The molecular formula is C53H33N5O2S. The maximum Gasteiger partial charge on any atom is 0.227 e. The van der Waals surface area contributed by atoms with Gasteiger partial charge < -0.3 is 18.6 Å². The number of pyridine rings is 1. The Morgan fingerprint density at radius 3 is 1.51 bits per heavy atom. The van der Waals surface area contributed by atoms with Crippen LogP contribution in [-0.2, 0) is 0 Å². The quantitative estimate of drug-likeness (QED) is 0.151. The summed E-state index contributed by atoms with van der Waals surface area (Å²) in [5, 5.41) is 4.85. The first-order chi connectivity index (χ1) is 30.2. The van der Waals surface area contributed by atoms with Crippen LogP contribution in [0, 0.1) is 0 Å². The summed E-state index contributed by atoms with van der Waals surface area (Å²) in [5.74, 6) is 1.22. The van der Waals surface area contributed by atoms with Crippen LogP contribution < -0.4 is 9.80 Å². The van der Waals surface area contributed by atoms with Gasteiger partial charge in [-0.05, 0) is 144 Å². The van der Waals surface area contributed by atoms with E-state index in [4.69, 9.17) is 18.8 Å². The van der Waals surface area contributed by atoms with Crippen LogP contribution in [0.15, 0.2) is 209 Å². The van der Waals surface area contributed by atoms with Crippen molar-refractivity contribution in [3.8, 4) is 22.9 Å². The van der Waals surface area contributed by atoms with Crippen LogP contribution in [0.25, 0.3) is 76.1 Å². The molecule has 0 bridgehead atoms. The number of hydrogen-bond donors (Lipinski definition) is 0. The lowest BCUT2D eigenvalue weighted by molar-refractivity contribution is 0.619. The maximum atomic E-state index is 6.08. The minimum atomic E-state index is 0.604. The molecule has 0 aliphatic heterocycles. The van der Waals surface area contributed by atoms with Gasteiger partial charge in [0, 0.05) is 77.8 Å². The molecule has 0 saturated heterocycles. The van der Waals surface area contributed by atoms with Crippen LogP contribution in [0.5, 0.6) is 0 Å². The lowest BCUT2D eigenvalue weighted by Crippen LogP contribution is -2.09. The number of oxazole rings is 2. The fraction of sp³-hybridized carbons (Fsp3) is 0. The van der Waals surface area contributed by atoms with Gasteiger partial charge in [0.25, 0.3) is 0 Å². The van der Waals surface area contributed by atoms with Crippen molar-refractivity contribution in [3.05, 3.63) is 200 Å². The molecule has 0 N–H and O–H groups in total. The zero-order valence-corrected chi connectivity index (χ0v) is 33.3. The summed E-state index contributed by atoms with van der Waals surface area (Å²) in [6, 6.07) is 65.3. The Hall–Kier alpha value is -8.07. The molecule has 12 rings (SSSR count). The van der Waals surface area contributed by atoms with E-state index in [9.17, 15) is 0 Å². The van der Waals surface area contributed by atoms with Crippen LogP contribution in [0.4, 0.5) is 34.1 Å². The van der Waals surface area contributed by atoms with Crippen molar-refractivity contribution in [2.75, 3.05) is 9.80 Å². The minimum Gasteiger partial charge on any atom is -0.436 e. The minimum absolute atomic E-state index is 0.604. The molecule has 8 heteroatoms. The average Bonchev–Trinajstić information content (AvgIpc) is 4.05. The fourth-order valence-electron chi connectivity index (χ4n) is 8.24. The molecule has 0 aliphatic rings. The van der Waals surface area contributed by atoms with Gasteiger partial charge in [-0.15, -0.1) is 11.3 Å². The highest BCUT2D eigenvalue weighted by molar-refractivity contribution is 7.26. The second-order valence-corrected chi connectivity index (χ2v) is 16.0. The number of fused-ring (bicyclic) bond motifs is 6. The van der Waals surface area contributed by atoms with Crippen LogP contribution >= 0.6 is 11.3 Å². The van der Waals surface area contributed by atoms with Crippen LogP contribution in [-0.4, -0.2) is 15.0 Å². The molecule has 0 fully saturated rings. The first kappa shape index (κ1) is 34.9. The molecule has 0 unspecified atom stereocenters. The number of para-hydroxylation sites is 5. The second-order valence-electron chi connectivity index (χ2n) is 14.9. The first-order valence-corrected chi connectivity index (χ1v) is 20.9. The SMILES string of the molecule is c1ccc(N(c2ccc(-c3nc4ccccc4o3)cc2)c2ccc3c(c2)sc2cc4cc(N(c5ccncc5)c5ccc(-c6nc7ccccc7o6)cc5)ccc4cc23)cc1. The monoisotopic (exact) mass is 803 g/mol. The van der Waals surface area contributed by atoms with E-state index in [2.05, 4.69) is 142 Å². The van der Waals surface area contributed by atoms with Crippen molar-refractivity contribution in [1.82, 2.24) is 15.0 Å². The van der Waals surface area contributed by atoms with E-state index >= 15 is 0 Å². The second kappa shape index (κ2) is 14.3. The van der Waals surface area contributed by atoms with Crippen molar-refractivity contribution >= 4 is 98.6 Å². The maximum absolute atomic E-state index is 6.08. The van der Waals surface area contributed by atoms with Crippen LogP contribution in [0.3, 0.4) is 0 Å². The largest absolute Gasteiger partial charge is 0.436 e. The third-order valence-corrected chi connectivity index (χ3v) is 12.3. The molecule has 61 heavy (non-hydrogen) atoms. The third-order valence-electron chi connectivity index (χ3n) is 11.2. The van der Waals surface area contributed by atoms with E-state index in [1.807, 2.05) is 84.4 Å². The summed E-state index contributed by atoms with van der Waals surface area (Å²) in [6.07, 6.45) is 3.66. The summed E-state index contributed by atoms with van der Waals surface area (Å²) in [5.41, 5.74) is 11.4. The molecule has 0 saturated carbocycles. The lowest BCUT2D eigenvalue weighted by atomic mass is 10.0. The molecule has 0 aliphatic carbocycles. The number of thiophene rings is 1. The smallest absolute Gasteiger partial charge is 0.227 e.